The molecule has 0 unspecified atom stereocenters. The van der Waals surface area contributed by atoms with E-state index in [9.17, 15) is 8.78 Å². The maximum atomic E-state index is 13.7. The van der Waals surface area contributed by atoms with E-state index in [2.05, 4.69) is 31.4 Å². The minimum Gasteiger partial charge on any atom is -0.397 e. The van der Waals surface area contributed by atoms with Crippen molar-refractivity contribution < 1.29 is 8.78 Å². The lowest BCUT2D eigenvalue weighted by molar-refractivity contribution is 0.581. The lowest BCUT2D eigenvalue weighted by atomic mass is 10.2. The summed E-state index contributed by atoms with van der Waals surface area (Å²) in [5.41, 5.74) is 7.75. The third kappa shape index (κ3) is 2.20. The molecule has 0 aliphatic carbocycles. The van der Waals surface area contributed by atoms with Gasteiger partial charge in [-0.3, -0.25) is 5.10 Å². The van der Waals surface area contributed by atoms with E-state index in [1.54, 1.807) is 18.3 Å². The zero-order valence-electron chi connectivity index (χ0n) is 10.0. The van der Waals surface area contributed by atoms with Crippen LogP contribution >= 0.6 is 15.9 Å². The Labute approximate surface area is 121 Å². The first kappa shape index (κ1) is 12.9. The van der Waals surface area contributed by atoms with Crippen LogP contribution in [0.2, 0.25) is 0 Å². The number of nitrogens with one attached hydrogen (secondary N) is 2. The van der Waals surface area contributed by atoms with Crippen LogP contribution < -0.4 is 11.1 Å². The number of anilines is 3. The molecule has 1 aromatic heterocycles. The molecule has 0 saturated heterocycles. The highest BCUT2D eigenvalue weighted by Gasteiger charge is 2.10. The van der Waals surface area contributed by atoms with Gasteiger partial charge in [0.05, 0.1) is 33.2 Å². The minimum atomic E-state index is -0.699. The third-order valence-electron chi connectivity index (χ3n) is 2.89. The number of nitrogens with two attached hydrogens (primary N) is 1. The standard InChI is InChI=1S/C13H9BrF2N4/c14-7-2-12(9(16)3-8(7)15)19-13-4-11-6(1-10(13)17)5-18-20-11/h1-5,19H,17H2,(H,18,20). The molecule has 4 N–H and O–H groups in total. The van der Waals surface area contributed by atoms with Gasteiger partial charge in [0, 0.05) is 11.5 Å². The average molecular weight is 339 g/mol. The largest absolute Gasteiger partial charge is 0.397 e. The molecule has 0 aliphatic heterocycles. The zero-order valence-corrected chi connectivity index (χ0v) is 11.6. The van der Waals surface area contributed by atoms with Crippen molar-refractivity contribution >= 4 is 43.9 Å². The van der Waals surface area contributed by atoms with Crippen LogP contribution in [0.15, 0.2) is 34.9 Å². The summed E-state index contributed by atoms with van der Waals surface area (Å²) in [6.45, 7) is 0. The van der Waals surface area contributed by atoms with Gasteiger partial charge < -0.3 is 11.1 Å². The highest BCUT2D eigenvalue weighted by atomic mass is 79.9. The summed E-state index contributed by atoms with van der Waals surface area (Å²) in [6.07, 6.45) is 1.64. The van der Waals surface area contributed by atoms with Crippen LogP contribution in [0.5, 0.6) is 0 Å². The molecule has 0 saturated carbocycles. The predicted molar refractivity (Wildman–Crippen MR) is 77.8 cm³/mol. The number of nitrogens with zero attached hydrogens (tertiary/aromatic N) is 1. The Morgan fingerprint density at radius 1 is 1.10 bits per heavy atom. The second kappa shape index (κ2) is 4.75. The fourth-order valence-electron chi connectivity index (χ4n) is 1.88. The molecule has 0 bridgehead atoms. The summed E-state index contributed by atoms with van der Waals surface area (Å²) in [5, 5.41) is 10.4. The molecule has 3 rings (SSSR count). The van der Waals surface area contributed by atoms with E-state index in [-0.39, 0.29) is 10.2 Å². The molecule has 2 aromatic carbocycles. The fourth-order valence-corrected chi connectivity index (χ4v) is 2.22. The molecule has 0 aliphatic rings. The van der Waals surface area contributed by atoms with Crippen LogP contribution in [-0.4, -0.2) is 10.2 Å². The van der Waals surface area contributed by atoms with Gasteiger partial charge in [0.25, 0.3) is 0 Å². The molecule has 0 atom stereocenters. The number of rotatable bonds is 2. The predicted octanol–water partition coefficient (Wildman–Crippen LogP) is 3.93. The Morgan fingerprint density at radius 3 is 2.70 bits per heavy atom. The molecule has 4 nitrogen and oxygen atoms in total. The smallest absolute Gasteiger partial charge is 0.149 e. The van der Waals surface area contributed by atoms with Crippen molar-refractivity contribution in [3.05, 3.63) is 46.6 Å². The summed E-state index contributed by atoms with van der Waals surface area (Å²) in [4.78, 5) is 0. The maximum Gasteiger partial charge on any atom is 0.149 e. The monoisotopic (exact) mass is 338 g/mol. The average Bonchev–Trinajstić information content (AvgIpc) is 2.83. The second-order valence-corrected chi connectivity index (χ2v) is 5.12. The number of H-pyrrole nitrogens is 1. The van der Waals surface area contributed by atoms with Gasteiger partial charge in [0.2, 0.25) is 0 Å². The van der Waals surface area contributed by atoms with Crippen molar-refractivity contribution in [2.24, 2.45) is 0 Å². The van der Waals surface area contributed by atoms with Gasteiger partial charge in [0.1, 0.15) is 11.6 Å². The summed E-state index contributed by atoms with van der Waals surface area (Å²) in [5.74, 6) is -1.36. The lowest BCUT2D eigenvalue weighted by Crippen LogP contribution is -1.99. The van der Waals surface area contributed by atoms with E-state index in [4.69, 9.17) is 5.73 Å². The van der Waals surface area contributed by atoms with E-state index in [1.807, 2.05) is 0 Å². The Balaban J connectivity index is 2.04. The topological polar surface area (TPSA) is 66.7 Å². The van der Waals surface area contributed by atoms with Gasteiger partial charge >= 0.3 is 0 Å². The second-order valence-electron chi connectivity index (χ2n) is 4.27. The zero-order chi connectivity index (χ0) is 14.3. The molecule has 0 radical (unpaired) electrons. The van der Waals surface area contributed by atoms with E-state index >= 15 is 0 Å². The van der Waals surface area contributed by atoms with E-state index in [0.717, 1.165) is 17.0 Å². The molecule has 1 heterocycles. The van der Waals surface area contributed by atoms with Gasteiger partial charge in [-0.15, -0.1) is 0 Å². The number of hydrogen-bond acceptors (Lipinski definition) is 3. The van der Waals surface area contributed by atoms with Gasteiger partial charge in [-0.05, 0) is 34.1 Å². The number of halogens is 3. The Kier molecular flexibility index (Phi) is 3.06. The Bertz CT molecular complexity index is 800. The third-order valence-corrected chi connectivity index (χ3v) is 3.50. The van der Waals surface area contributed by atoms with Gasteiger partial charge in [-0.2, -0.15) is 5.10 Å². The van der Waals surface area contributed by atoms with Crippen molar-refractivity contribution in [3.63, 3.8) is 0 Å². The van der Waals surface area contributed by atoms with E-state index in [1.165, 1.54) is 6.07 Å². The molecule has 0 fully saturated rings. The first-order chi connectivity index (χ1) is 9.54. The molecular formula is C13H9BrF2N4. The quantitative estimate of drug-likeness (QED) is 0.490. The number of aromatic nitrogens is 2. The van der Waals surface area contributed by atoms with Gasteiger partial charge in [-0.25, -0.2) is 8.78 Å². The van der Waals surface area contributed by atoms with Gasteiger partial charge in [0.15, 0.2) is 0 Å². The minimum absolute atomic E-state index is 0.129. The van der Waals surface area contributed by atoms with Crippen molar-refractivity contribution in [2.45, 2.75) is 0 Å². The van der Waals surface area contributed by atoms with Crippen LogP contribution in [-0.2, 0) is 0 Å². The summed E-state index contributed by atoms with van der Waals surface area (Å²) in [7, 11) is 0. The highest BCUT2D eigenvalue weighted by Crippen LogP contribution is 2.31. The molecule has 20 heavy (non-hydrogen) atoms. The first-order valence-electron chi connectivity index (χ1n) is 5.69. The summed E-state index contributed by atoms with van der Waals surface area (Å²) >= 11 is 3.02. The van der Waals surface area contributed by atoms with Crippen molar-refractivity contribution in [1.82, 2.24) is 10.2 Å². The number of hydrogen-bond donors (Lipinski definition) is 3. The first-order valence-corrected chi connectivity index (χ1v) is 6.48. The van der Waals surface area contributed by atoms with Crippen LogP contribution in [0.4, 0.5) is 25.8 Å². The Hall–Kier alpha value is -2.15. The number of nitrogen functional groups attached to an aromatic ring is 1. The van der Waals surface area contributed by atoms with Crippen molar-refractivity contribution in [1.29, 1.82) is 0 Å². The molecule has 0 spiro atoms. The molecule has 0 amide bonds. The van der Waals surface area contributed by atoms with Gasteiger partial charge in [-0.1, -0.05) is 0 Å². The fraction of sp³-hybridized carbons (Fsp3) is 0. The molecule has 102 valence electrons. The number of fused-ring (bicyclic) bond motifs is 1. The molecular weight excluding hydrogens is 330 g/mol. The summed E-state index contributed by atoms with van der Waals surface area (Å²) < 4.78 is 27.1. The van der Waals surface area contributed by atoms with Crippen molar-refractivity contribution in [2.75, 3.05) is 11.1 Å². The van der Waals surface area contributed by atoms with E-state index < -0.39 is 11.6 Å². The summed E-state index contributed by atoms with van der Waals surface area (Å²) in [6, 6.07) is 5.56. The normalized spacial score (nSPS) is 10.9. The number of benzene rings is 2. The molecule has 3 aromatic rings. The van der Waals surface area contributed by atoms with Crippen LogP contribution in [0.25, 0.3) is 10.9 Å². The number of aromatic amines is 1. The van der Waals surface area contributed by atoms with Crippen LogP contribution in [0, 0.1) is 11.6 Å². The van der Waals surface area contributed by atoms with Crippen LogP contribution in [0.1, 0.15) is 0 Å². The Morgan fingerprint density at radius 2 is 1.90 bits per heavy atom. The van der Waals surface area contributed by atoms with E-state index in [0.29, 0.717) is 11.4 Å². The SMILES string of the molecule is Nc1cc2cn[nH]c2cc1Nc1cc(Br)c(F)cc1F. The molecule has 7 heteroatoms. The lowest BCUT2D eigenvalue weighted by Gasteiger charge is -2.11. The van der Waals surface area contributed by atoms with Crippen LogP contribution in [0.3, 0.4) is 0 Å². The highest BCUT2D eigenvalue weighted by molar-refractivity contribution is 9.10. The maximum absolute atomic E-state index is 13.7. The van der Waals surface area contributed by atoms with Crippen molar-refractivity contribution in [3.8, 4) is 0 Å².